The van der Waals surface area contributed by atoms with Crippen LogP contribution in [0.15, 0.2) is 24.5 Å². The van der Waals surface area contributed by atoms with Gasteiger partial charge in [0.05, 0.1) is 5.56 Å². The molecule has 0 bridgehead atoms. The minimum Gasteiger partial charge on any atom is -0.304 e. The quantitative estimate of drug-likeness (QED) is 0.857. The van der Waals surface area contributed by atoms with E-state index in [0.29, 0.717) is 11.1 Å². The van der Waals surface area contributed by atoms with Gasteiger partial charge in [-0.1, -0.05) is 0 Å². The number of aryl methyl sites for hydroxylation is 2. The summed E-state index contributed by atoms with van der Waals surface area (Å²) in [5.41, 5.74) is 1.59. The Labute approximate surface area is 104 Å². The fourth-order valence-electron chi connectivity index (χ4n) is 1.44. The van der Waals surface area contributed by atoms with Crippen LogP contribution >= 0.6 is 0 Å². The summed E-state index contributed by atoms with van der Waals surface area (Å²) in [6.07, 6.45) is 3.03. The van der Waals surface area contributed by atoms with E-state index < -0.39 is 0 Å². The maximum atomic E-state index is 11.9. The zero-order valence-electron chi connectivity index (χ0n) is 10.0. The number of carbonyl (C=O) groups excluding carboxylic acids is 1. The molecule has 0 fully saturated rings. The topological polar surface area (TPSA) is 83.6 Å². The van der Waals surface area contributed by atoms with Gasteiger partial charge in [0.25, 0.3) is 5.91 Å². The predicted octanol–water partition coefficient (Wildman–Crippen LogP) is 1.25. The smallest absolute Gasteiger partial charge is 0.258 e. The highest BCUT2D eigenvalue weighted by Crippen LogP contribution is 2.12. The van der Waals surface area contributed by atoms with Crippen molar-refractivity contribution in [2.24, 2.45) is 7.05 Å². The van der Waals surface area contributed by atoms with Crippen LogP contribution in [0.25, 0.3) is 0 Å². The molecule has 0 spiro atoms. The molecule has 1 N–H and O–H groups in total. The minimum atomic E-state index is -0.335. The van der Waals surface area contributed by atoms with Crippen LogP contribution in [0.2, 0.25) is 0 Å². The molecular formula is C12H11N5O. The third-order valence-electron chi connectivity index (χ3n) is 2.35. The monoisotopic (exact) mass is 241 g/mol. The summed E-state index contributed by atoms with van der Waals surface area (Å²) >= 11 is 0. The predicted molar refractivity (Wildman–Crippen MR) is 64.9 cm³/mol. The van der Waals surface area contributed by atoms with Crippen molar-refractivity contribution in [1.29, 1.82) is 5.26 Å². The second-order valence-electron chi connectivity index (χ2n) is 3.82. The molecule has 2 aromatic heterocycles. The van der Waals surface area contributed by atoms with E-state index in [4.69, 9.17) is 5.26 Å². The number of rotatable bonds is 2. The van der Waals surface area contributed by atoms with Gasteiger partial charge in [-0.2, -0.15) is 10.4 Å². The van der Waals surface area contributed by atoms with E-state index in [9.17, 15) is 4.79 Å². The van der Waals surface area contributed by atoms with Crippen molar-refractivity contribution in [3.05, 3.63) is 41.3 Å². The first-order valence-corrected chi connectivity index (χ1v) is 5.28. The van der Waals surface area contributed by atoms with Gasteiger partial charge >= 0.3 is 0 Å². The summed E-state index contributed by atoms with van der Waals surface area (Å²) in [6.45, 7) is 1.84. The van der Waals surface area contributed by atoms with Gasteiger partial charge < -0.3 is 5.32 Å². The number of nitrogens with zero attached hydrogens (tertiary/aromatic N) is 4. The molecule has 90 valence electrons. The molecule has 0 aliphatic rings. The van der Waals surface area contributed by atoms with Crippen LogP contribution in [0, 0.1) is 18.3 Å². The number of pyridine rings is 1. The number of aromatic nitrogens is 3. The summed E-state index contributed by atoms with van der Waals surface area (Å²) in [7, 11) is 1.68. The number of hydrogen-bond donors (Lipinski definition) is 1. The first kappa shape index (κ1) is 11.8. The van der Waals surface area contributed by atoms with Gasteiger partial charge in [-0.25, -0.2) is 0 Å². The first-order valence-electron chi connectivity index (χ1n) is 5.28. The van der Waals surface area contributed by atoms with Crippen molar-refractivity contribution >= 4 is 11.7 Å². The molecule has 0 radical (unpaired) electrons. The van der Waals surface area contributed by atoms with Crippen LogP contribution in [0.3, 0.4) is 0 Å². The van der Waals surface area contributed by atoms with Crippen molar-refractivity contribution in [2.45, 2.75) is 6.92 Å². The molecule has 0 saturated carbocycles. The molecule has 0 aromatic carbocycles. The lowest BCUT2D eigenvalue weighted by Gasteiger charge is -2.02. The third kappa shape index (κ3) is 2.35. The lowest BCUT2D eigenvalue weighted by molar-refractivity contribution is 0.102. The Balaban J connectivity index is 2.21. The Hall–Kier alpha value is -2.68. The summed E-state index contributed by atoms with van der Waals surface area (Å²) < 4.78 is 1.47. The lowest BCUT2D eigenvalue weighted by atomic mass is 10.2. The van der Waals surface area contributed by atoms with Crippen molar-refractivity contribution in [1.82, 2.24) is 14.8 Å². The third-order valence-corrected chi connectivity index (χ3v) is 2.35. The highest BCUT2D eigenvalue weighted by molar-refractivity contribution is 6.04. The highest BCUT2D eigenvalue weighted by Gasteiger charge is 2.12. The summed E-state index contributed by atoms with van der Waals surface area (Å²) in [5.74, 6) is -0.0803. The van der Waals surface area contributed by atoms with Gasteiger partial charge in [0, 0.05) is 25.1 Å². The first-order chi connectivity index (χ1) is 8.60. The molecule has 0 aliphatic carbocycles. The van der Waals surface area contributed by atoms with E-state index in [1.54, 1.807) is 25.4 Å². The fourth-order valence-corrected chi connectivity index (χ4v) is 1.44. The number of anilines is 1. The average Bonchev–Trinajstić information content (AvgIpc) is 2.70. The number of nitrogens with one attached hydrogen (secondary N) is 1. The van der Waals surface area contributed by atoms with Crippen molar-refractivity contribution in [3.63, 3.8) is 0 Å². The van der Waals surface area contributed by atoms with Crippen molar-refractivity contribution in [2.75, 3.05) is 5.32 Å². The summed E-state index contributed by atoms with van der Waals surface area (Å²) in [5, 5.41) is 15.5. The Morgan fingerprint density at radius 1 is 1.50 bits per heavy atom. The van der Waals surface area contributed by atoms with Gasteiger partial charge in [-0.05, 0) is 19.1 Å². The Kier molecular flexibility index (Phi) is 3.06. The van der Waals surface area contributed by atoms with Crippen LogP contribution in [0.5, 0.6) is 0 Å². The number of amides is 1. The van der Waals surface area contributed by atoms with Gasteiger partial charge in [-0.15, -0.1) is 0 Å². The molecule has 2 rings (SSSR count). The zero-order chi connectivity index (χ0) is 13.1. The second kappa shape index (κ2) is 4.67. The van der Waals surface area contributed by atoms with Crippen LogP contribution in [0.4, 0.5) is 5.82 Å². The second-order valence-corrected chi connectivity index (χ2v) is 3.82. The molecule has 18 heavy (non-hydrogen) atoms. The number of carbonyl (C=O) groups is 1. The highest BCUT2D eigenvalue weighted by atomic mass is 16.1. The van der Waals surface area contributed by atoms with E-state index in [2.05, 4.69) is 15.4 Å². The molecule has 1 amide bonds. The summed E-state index contributed by atoms with van der Waals surface area (Å²) in [4.78, 5) is 15.9. The Morgan fingerprint density at radius 2 is 2.28 bits per heavy atom. The molecule has 0 saturated heterocycles. The number of nitriles is 1. The molecule has 0 atom stereocenters. The van der Waals surface area contributed by atoms with E-state index in [1.807, 2.05) is 13.0 Å². The van der Waals surface area contributed by atoms with Crippen LogP contribution in [-0.2, 0) is 7.05 Å². The largest absolute Gasteiger partial charge is 0.304 e. The molecule has 0 unspecified atom stereocenters. The van der Waals surface area contributed by atoms with E-state index in [0.717, 1.165) is 5.69 Å². The maximum Gasteiger partial charge on any atom is 0.258 e. The van der Waals surface area contributed by atoms with Crippen LogP contribution in [0.1, 0.15) is 21.6 Å². The standard InChI is InChI=1S/C12H11N5O/c1-8-3-4-9(6-14-8)12(18)15-11-10(5-13)7-17(2)16-11/h3-4,6-7H,1-2H3,(H,15,16,18). The van der Waals surface area contributed by atoms with Crippen LogP contribution in [-0.4, -0.2) is 20.7 Å². The molecule has 2 aromatic rings. The van der Waals surface area contributed by atoms with Crippen LogP contribution < -0.4 is 5.32 Å². The summed E-state index contributed by atoms with van der Waals surface area (Å²) in [6, 6.07) is 5.39. The molecule has 6 heteroatoms. The lowest BCUT2D eigenvalue weighted by Crippen LogP contribution is -2.13. The van der Waals surface area contributed by atoms with Gasteiger partial charge in [0.15, 0.2) is 5.82 Å². The SMILES string of the molecule is Cc1ccc(C(=O)Nc2nn(C)cc2C#N)cn1. The Morgan fingerprint density at radius 3 is 2.89 bits per heavy atom. The normalized spacial score (nSPS) is 9.83. The van der Waals surface area contributed by atoms with E-state index in [-0.39, 0.29) is 11.7 Å². The van der Waals surface area contributed by atoms with E-state index >= 15 is 0 Å². The minimum absolute atomic E-state index is 0.255. The fraction of sp³-hybridized carbons (Fsp3) is 0.167. The zero-order valence-corrected chi connectivity index (χ0v) is 10.0. The Bertz CT molecular complexity index is 621. The van der Waals surface area contributed by atoms with Crippen molar-refractivity contribution in [3.8, 4) is 6.07 Å². The maximum absolute atomic E-state index is 11.9. The van der Waals surface area contributed by atoms with Gasteiger partial charge in [-0.3, -0.25) is 14.5 Å². The van der Waals surface area contributed by atoms with Gasteiger partial charge in [0.2, 0.25) is 0 Å². The van der Waals surface area contributed by atoms with E-state index in [1.165, 1.54) is 10.9 Å². The molecule has 2 heterocycles. The van der Waals surface area contributed by atoms with Gasteiger partial charge in [0.1, 0.15) is 11.6 Å². The molecule has 6 nitrogen and oxygen atoms in total. The molecule has 0 aliphatic heterocycles. The van der Waals surface area contributed by atoms with Crippen molar-refractivity contribution < 1.29 is 4.79 Å². The average molecular weight is 241 g/mol. The molecular weight excluding hydrogens is 230 g/mol. The number of hydrogen-bond acceptors (Lipinski definition) is 4.